The smallest absolute Gasteiger partial charge is 0.174 e. The molecule has 0 bridgehead atoms. The van der Waals surface area contributed by atoms with Gasteiger partial charge in [-0.05, 0) is 11.1 Å². The van der Waals surface area contributed by atoms with Crippen molar-refractivity contribution in [3.63, 3.8) is 0 Å². The molecular formula is C20H34O4. The fourth-order valence-electron chi connectivity index (χ4n) is 3.03. The van der Waals surface area contributed by atoms with Gasteiger partial charge in [0.1, 0.15) is 0 Å². The molecule has 0 aliphatic carbocycles. The zero-order valence-electron chi connectivity index (χ0n) is 16.3. The molecule has 0 aromatic heterocycles. The van der Waals surface area contributed by atoms with Gasteiger partial charge < -0.3 is 20.4 Å². The van der Waals surface area contributed by atoms with E-state index in [0.717, 1.165) is 0 Å². The summed E-state index contributed by atoms with van der Waals surface area (Å²) in [6, 6.07) is 7.30. The van der Waals surface area contributed by atoms with Gasteiger partial charge in [0.15, 0.2) is 11.6 Å². The molecule has 0 radical (unpaired) electrons. The largest absolute Gasteiger partial charge is 0.365 e. The van der Waals surface area contributed by atoms with Crippen LogP contribution in [0.3, 0.4) is 0 Å². The number of aliphatic hydroxyl groups is 4. The van der Waals surface area contributed by atoms with Crippen LogP contribution in [-0.4, -0.2) is 32.0 Å². The predicted octanol–water partition coefficient (Wildman–Crippen LogP) is 3.35. The van der Waals surface area contributed by atoms with E-state index in [0.29, 0.717) is 11.1 Å². The Bertz CT molecular complexity index is 511. The van der Waals surface area contributed by atoms with Gasteiger partial charge in [0, 0.05) is 22.7 Å². The Morgan fingerprint density at radius 2 is 0.875 bits per heavy atom. The molecule has 4 heteroatoms. The van der Waals surface area contributed by atoms with Gasteiger partial charge in [-0.25, -0.2) is 0 Å². The van der Waals surface area contributed by atoms with Gasteiger partial charge in [-0.15, -0.1) is 0 Å². The van der Waals surface area contributed by atoms with Gasteiger partial charge in [-0.2, -0.15) is 0 Å². The molecule has 0 aliphatic heterocycles. The first-order valence-electron chi connectivity index (χ1n) is 8.53. The molecule has 1 aromatic carbocycles. The first kappa shape index (κ1) is 21.1. The Hall–Kier alpha value is -0.940. The molecule has 0 saturated carbocycles. The van der Waals surface area contributed by atoms with E-state index in [1.165, 1.54) is 0 Å². The van der Waals surface area contributed by atoms with Crippen molar-refractivity contribution in [3.8, 4) is 0 Å². The molecule has 0 unspecified atom stereocenters. The highest BCUT2D eigenvalue weighted by atomic mass is 16.5. The van der Waals surface area contributed by atoms with Crippen molar-refractivity contribution in [2.45, 2.75) is 78.8 Å². The van der Waals surface area contributed by atoms with Gasteiger partial charge >= 0.3 is 0 Å². The summed E-state index contributed by atoms with van der Waals surface area (Å²) in [5.74, 6) is -5.05. The van der Waals surface area contributed by atoms with Crippen molar-refractivity contribution in [2.24, 2.45) is 10.8 Å². The first-order chi connectivity index (χ1) is 10.5. The zero-order chi connectivity index (χ0) is 19.1. The highest BCUT2D eigenvalue weighted by molar-refractivity contribution is 5.36. The molecule has 1 rings (SSSR count). The Labute approximate surface area is 146 Å². The Balaban J connectivity index is 3.42. The van der Waals surface area contributed by atoms with Crippen LogP contribution in [0.2, 0.25) is 0 Å². The number of benzene rings is 1. The van der Waals surface area contributed by atoms with E-state index in [1.54, 1.807) is 55.4 Å². The molecule has 0 saturated heterocycles. The monoisotopic (exact) mass is 338 g/mol. The summed E-state index contributed by atoms with van der Waals surface area (Å²) < 4.78 is 0. The van der Waals surface area contributed by atoms with Crippen LogP contribution in [0.25, 0.3) is 0 Å². The standard InChI is InChI=1S/C20H34O4/c1-13(19(21,22)17(3,4)5)15-11-9-10-12-16(15)14(2)20(23,24)18(6,7)8/h9-14,21-24H,1-8H3/t13-,14-/m0/s1. The molecular weight excluding hydrogens is 304 g/mol. The van der Waals surface area contributed by atoms with Crippen molar-refractivity contribution in [1.29, 1.82) is 0 Å². The lowest BCUT2D eigenvalue weighted by molar-refractivity contribution is -0.245. The quantitative estimate of drug-likeness (QED) is 0.635. The van der Waals surface area contributed by atoms with Crippen LogP contribution in [-0.2, 0) is 0 Å². The van der Waals surface area contributed by atoms with E-state index in [2.05, 4.69) is 0 Å². The van der Waals surface area contributed by atoms with Crippen molar-refractivity contribution >= 4 is 0 Å². The molecule has 0 amide bonds. The van der Waals surface area contributed by atoms with Crippen molar-refractivity contribution in [3.05, 3.63) is 35.4 Å². The van der Waals surface area contributed by atoms with Crippen molar-refractivity contribution in [2.75, 3.05) is 0 Å². The highest BCUT2D eigenvalue weighted by Gasteiger charge is 2.47. The van der Waals surface area contributed by atoms with E-state index < -0.39 is 34.2 Å². The second kappa shape index (κ2) is 6.41. The van der Waals surface area contributed by atoms with Crippen LogP contribution < -0.4 is 0 Å². The number of rotatable bonds is 4. The van der Waals surface area contributed by atoms with Crippen LogP contribution in [0, 0.1) is 10.8 Å². The Morgan fingerprint density at radius 3 is 1.08 bits per heavy atom. The maximum Gasteiger partial charge on any atom is 0.174 e. The summed E-state index contributed by atoms with van der Waals surface area (Å²) in [6.45, 7) is 14.1. The average Bonchev–Trinajstić information content (AvgIpc) is 2.43. The summed E-state index contributed by atoms with van der Waals surface area (Å²) in [4.78, 5) is 0. The minimum atomic E-state index is -1.93. The fraction of sp³-hybridized carbons (Fsp3) is 0.700. The van der Waals surface area contributed by atoms with Gasteiger partial charge in [0.2, 0.25) is 0 Å². The lowest BCUT2D eigenvalue weighted by Crippen LogP contribution is -2.49. The van der Waals surface area contributed by atoms with Crippen LogP contribution in [0.5, 0.6) is 0 Å². The maximum atomic E-state index is 10.7. The Kier molecular flexibility index (Phi) is 5.64. The third-order valence-electron chi connectivity index (χ3n) is 5.34. The third kappa shape index (κ3) is 3.67. The molecule has 2 atom stereocenters. The van der Waals surface area contributed by atoms with Crippen LogP contribution in [0.4, 0.5) is 0 Å². The number of hydrogen-bond donors (Lipinski definition) is 4. The van der Waals surface area contributed by atoms with Crippen LogP contribution >= 0.6 is 0 Å². The second-order valence-electron chi connectivity index (χ2n) is 9.02. The summed E-state index contributed by atoms with van der Waals surface area (Å²) in [7, 11) is 0. The molecule has 4 nitrogen and oxygen atoms in total. The summed E-state index contributed by atoms with van der Waals surface area (Å²) in [5, 5.41) is 42.7. The van der Waals surface area contributed by atoms with Crippen LogP contribution in [0.15, 0.2) is 24.3 Å². The second-order valence-corrected chi connectivity index (χ2v) is 9.02. The molecule has 0 heterocycles. The van der Waals surface area contributed by atoms with Crippen LogP contribution in [0.1, 0.15) is 78.4 Å². The molecule has 0 fully saturated rings. The molecule has 0 aliphatic rings. The summed E-state index contributed by atoms with van der Waals surface area (Å²) in [5.41, 5.74) is -0.0757. The van der Waals surface area contributed by atoms with Crippen molar-refractivity contribution < 1.29 is 20.4 Å². The van der Waals surface area contributed by atoms with E-state index in [-0.39, 0.29) is 0 Å². The predicted molar refractivity (Wildman–Crippen MR) is 96.5 cm³/mol. The third-order valence-corrected chi connectivity index (χ3v) is 5.34. The molecule has 1 aromatic rings. The van der Waals surface area contributed by atoms with E-state index >= 15 is 0 Å². The minimum absolute atomic E-state index is 0.591. The lowest BCUT2D eigenvalue weighted by Gasteiger charge is -2.43. The fourth-order valence-corrected chi connectivity index (χ4v) is 3.03. The molecule has 24 heavy (non-hydrogen) atoms. The average molecular weight is 338 g/mol. The van der Waals surface area contributed by atoms with Crippen molar-refractivity contribution in [1.82, 2.24) is 0 Å². The van der Waals surface area contributed by atoms with Gasteiger partial charge in [-0.3, -0.25) is 0 Å². The normalized spacial score (nSPS) is 16.8. The summed E-state index contributed by atoms with van der Waals surface area (Å²) >= 11 is 0. The summed E-state index contributed by atoms with van der Waals surface area (Å²) in [6.07, 6.45) is 0. The maximum absolute atomic E-state index is 10.7. The molecule has 4 N–H and O–H groups in total. The Morgan fingerprint density at radius 1 is 0.625 bits per heavy atom. The number of hydrogen-bond acceptors (Lipinski definition) is 4. The molecule has 138 valence electrons. The van der Waals surface area contributed by atoms with Gasteiger partial charge in [0.05, 0.1) is 0 Å². The van der Waals surface area contributed by atoms with E-state index in [9.17, 15) is 20.4 Å². The minimum Gasteiger partial charge on any atom is -0.365 e. The lowest BCUT2D eigenvalue weighted by atomic mass is 9.70. The molecule has 0 spiro atoms. The van der Waals surface area contributed by atoms with Gasteiger partial charge in [0.25, 0.3) is 0 Å². The topological polar surface area (TPSA) is 80.9 Å². The first-order valence-corrected chi connectivity index (χ1v) is 8.53. The SMILES string of the molecule is C[C@@H](c1ccccc1[C@H](C)C(O)(O)C(C)(C)C)C(O)(O)C(C)(C)C. The van der Waals surface area contributed by atoms with E-state index in [4.69, 9.17) is 0 Å². The van der Waals surface area contributed by atoms with Gasteiger partial charge in [-0.1, -0.05) is 79.7 Å². The van der Waals surface area contributed by atoms with E-state index in [1.807, 2.05) is 24.3 Å². The highest BCUT2D eigenvalue weighted by Crippen LogP contribution is 2.45. The zero-order valence-corrected chi connectivity index (χ0v) is 16.3.